The monoisotopic (exact) mass is 365 g/mol. The first-order valence-electron chi connectivity index (χ1n) is 8.21. The minimum absolute atomic E-state index is 0.0493. The van der Waals surface area contributed by atoms with Gasteiger partial charge in [-0.2, -0.15) is 0 Å². The maximum absolute atomic E-state index is 13.7. The Morgan fingerprint density at radius 3 is 2.88 bits per heavy atom. The van der Waals surface area contributed by atoms with Gasteiger partial charge in [0.1, 0.15) is 0 Å². The molecule has 1 saturated heterocycles. The van der Waals surface area contributed by atoms with E-state index in [2.05, 4.69) is 9.97 Å². The Hall–Kier alpha value is -2.06. The molecule has 1 fully saturated rings. The largest absolute Gasteiger partial charge is 0.434 e. The highest BCUT2D eigenvalue weighted by Gasteiger charge is 2.29. The van der Waals surface area contributed by atoms with E-state index in [1.807, 2.05) is 0 Å². The highest BCUT2D eigenvalue weighted by molar-refractivity contribution is 7.89. The molecule has 0 saturated carbocycles. The number of piperidine rings is 1. The highest BCUT2D eigenvalue weighted by Crippen LogP contribution is 2.29. The molecule has 25 heavy (non-hydrogen) atoms. The van der Waals surface area contributed by atoms with Gasteiger partial charge in [0.2, 0.25) is 15.9 Å². The van der Waals surface area contributed by atoms with Crippen molar-refractivity contribution in [1.82, 2.24) is 14.3 Å². The van der Waals surface area contributed by atoms with Crippen molar-refractivity contribution in [1.29, 1.82) is 0 Å². The fourth-order valence-electron chi connectivity index (χ4n) is 2.87. The van der Waals surface area contributed by atoms with Gasteiger partial charge in [-0.1, -0.05) is 12.1 Å². The van der Waals surface area contributed by atoms with Crippen molar-refractivity contribution in [3.05, 3.63) is 48.2 Å². The van der Waals surface area contributed by atoms with Crippen LogP contribution in [0.5, 0.6) is 11.6 Å². The second-order valence-corrected chi connectivity index (χ2v) is 8.17. The first kappa shape index (κ1) is 17.8. The van der Waals surface area contributed by atoms with Crippen LogP contribution in [0.25, 0.3) is 0 Å². The van der Waals surface area contributed by atoms with Crippen molar-refractivity contribution in [2.45, 2.75) is 25.7 Å². The molecule has 0 spiro atoms. The van der Waals surface area contributed by atoms with Gasteiger partial charge in [0, 0.05) is 25.2 Å². The second-order valence-electron chi connectivity index (χ2n) is 5.91. The Kier molecular flexibility index (Phi) is 5.29. The van der Waals surface area contributed by atoms with E-state index in [4.69, 9.17) is 4.74 Å². The molecule has 1 aliphatic rings. The summed E-state index contributed by atoms with van der Waals surface area (Å²) in [6.45, 7) is 2.56. The number of ether oxygens (including phenoxy) is 1. The molecule has 0 amide bonds. The van der Waals surface area contributed by atoms with Gasteiger partial charge < -0.3 is 4.74 Å². The van der Waals surface area contributed by atoms with Crippen LogP contribution in [0.3, 0.4) is 0 Å². The predicted molar refractivity (Wildman–Crippen MR) is 91.5 cm³/mol. The number of sulfonamides is 1. The average molecular weight is 365 g/mol. The molecule has 1 atom stereocenters. The number of rotatable bonds is 5. The summed E-state index contributed by atoms with van der Waals surface area (Å²) in [7, 11) is -3.22. The van der Waals surface area contributed by atoms with Gasteiger partial charge in [-0.15, -0.1) is 0 Å². The molecule has 134 valence electrons. The molecule has 1 aromatic carbocycles. The van der Waals surface area contributed by atoms with E-state index in [0.29, 0.717) is 18.8 Å². The van der Waals surface area contributed by atoms with Crippen LogP contribution in [0.2, 0.25) is 0 Å². The summed E-state index contributed by atoms with van der Waals surface area (Å²) in [6, 6.07) is 6.07. The molecular weight excluding hydrogens is 345 g/mol. The van der Waals surface area contributed by atoms with Crippen LogP contribution in [-0.4, -0.2) is 41.5 Å². The number of hydrogen-bond acceptors (Lipinski definition) is 5. The maximum atomic E-state index is 13.7. The molecule has 1 aliphatic heterocycles. The molecule has 3 rings (SSSR count). The third-order valence-electron chi connectivity index (χ3n) is 4.24. The van der Waals surface area contributed by atoms with Crippen LogP contribution in [0, 0.1) is 5.82 Å². The summed E-state index contributed by atoms with van der Waals surface area (Å²) in [5.74, 6) is -0.174. The van der Waals surface area contributed by atoms with Gasteiger partial charge in [0.15, 0.2) is 11.6 Å². The fourth-order valence-corrected chi connectivity index (χ4v) is 4.05. The van der Waals surface area contributed by atoms with Gasteiger partial charge in [-0.05, 0) is 31.9 Å². The van der Waals surface area contributed by atoms with Gasteiger partial charge in [0.25, 0.3) is 0 Å². The number of benzene rings is 1. The third kappa shape index (κ3) is 4.13. The van der Waals surface area contributed by atoms with Crippen molar-refractivity contribution in [2.24, 2.45) is 0 Å². The topological polar surface area (TPSA) is 72.4 Å². The Labute approximate surface area is 146 Å². The van der Waals surface area contributed by atoms with Crippen LogP contribution >= 0.6 is 0 Å². The van der Waals surface area contributed by atoms with Crippen LogP contribution < -0.4 is 4.74 Å². The first-order valence-corrected chi connectivity index (χ1v) is 9.82. The molecule has 0 aliphatic carbocycles. The quantitative estimate of drug-likeness (QED) is 0.815. The lowest BCUT2D eigenvalue weighted by molar-refractivity contribution is 0.311. The zero-order valence-corrected chi connectivity index (χ0v) is 14.7. The zero-order valence-electron chi connectivity index (χ0n) is 13.9. The molecular formula is C17H20FN3O3S. The van der Waals surface area contributed by atoms with E-state index in [9.17, 15) is 12.8 Å². The van der Waals surface area contributed by atoms with Crippen molar-refractivity contribution in [3.8, 4) is 11.6 Å². The van der Waals surface area contributed by atoms with Crippen molar-refractivity contribution in [3.63, 3.8) is 0 Å². The van der Waals surface area contributed by atoms with E-state index < -0.39 is 15.8 Å². The Balaban J connectivity index is 1.78. The van der Waals surface area contributed by atoms with Crippen LogP contribution in [0.15, 0.2) is 36.7 Å². The average Bonchev–Trinajstić information content (AvgIpc) is 2.64. The molecule has 1 aromatic heterocycles. The SMILES string of the molecule is CCS(=O)(=O)N1CCC[C@@H](c2cncc(Oc3ccccc3F)n2)C1. The van der Waals surface area contributed by atoms with Crippen LogP contribution in [-0.2, 0) is 10.0 Å². The summed E-state index contributed by atoms with van der Waals surface area (Å²) in [5, 5.41) is 0. The fraction of sp³-hybridized carbons (Fsp3) is 0.412. The Morgan fingerprint density at radius 2 is 2.12 bits per heavy atom. The van der Waals surface area contributed by atoms with Gasteiger partial charge in [-0.25, -0.2) is 22.1 Å². The van der Waals surface area contributed by atoms with Crippen LogP contribution in [0.1, 0.15) is 31.4 Å². The molecule has 0 radical (unpaired) electrons. The van der Waals surface area contributed by atoms with E-state index in [0.717, 1.165) is 12.8 Å². The maximum Gasteiger partial charge on any atom is 0.238 e. The Morgan fingerprint density at radius 1 is 1.32 bits per heavy atom. The minimum atomic E-state index is -3.22. The summed E-state index contributed by atoms with van der Waals surface area (Å²) in [4.78, 5) is 8.52. The summed E-state index contributed by atoms with van der Waals surface area (Å²) < 4.78 is 44.9. The zero-order chi connectivity index (χ0) is 17.9. The lowest BCUT2D eigenvalue weighted by Gasteiger charge is -2.31. The minimum Gasteiger partial charge on any atom is -0.434 e. The summed E-state index contributed by atoms with van der Waals surface area (Å²) in [6.07, 6.45) is 4.62. The van der Waals surface area contributed by atoms with Gasteiger partial charge in [0.05, 0.1) is 17.6 Å². The van der Waals surface area contributed by atoms with Gasteiger partial charge in [-0.3, -0.25) is 4.98 Å². The smallest absolute Gasteiger partial charge is 0.238 e. The summed E-state index contributed by atoms with van der Waals surface area (Å²) in [5.41, 5.74) is 0.657. The molecule has 2 heterocycles. The van der Waals surface area contributed by atoms with Crippen molar-refractivity contribution < 1.29 is 17.5 Å². The lowest BCUT2D eigenvalue weighted by atomic mass is 9.96. The number of aromatic nitrogens is 2. The van der Waals surface area contributed by atoms with E-state index in [1.165, 1.54) is 22.6 Å². The molecule has 2 aromatic rings. The van der Waals surface area contributed by atoms with Crippen molar-refractivity contribution >= 4 is 10.0 Å². The lowest BCUT2D eigenvalue weighted by Crippen LogP contribution is -2.40. The van der Waals surface area contributed by atoms with Crippen molar-refractivity contribution in [2.75, 3.05) is 18.8 Å². The molecule has 0 unspecified atom stereocenters. The number of hydrogen-bond donors (Lipinski definition) is 0. The normalized spacial score (nSPS) is 18.9. The molecule has 0 N–H and O–H groups in total. The summed E-state index contributed by atoms with van der Waals surface area (Å²) >= 11 is 0. The number of halogens is 1. The number of nitrogens with zero attached hydrogens (tertiary/aromatic N) is 3. The molecule has 6 nitrogen and oxygen atoms in total. The predicted octanol–water partition coefficient (Wildman–Crippen LogP) is 2.94. The Bertz CT molecular complexity index is 845. The molecule has 0 bridgehead atoms. The van der Waals surface area contributed by atoms with E-state index in [-0.39, 0.29) is 23.3 Å². The van der Waals surface area contributed by atoms with Gasteiger partial charge >= 0.3 is 0 Å². The number of para-hydroxylation sites is 1. The standard InChI is InChI=1S/C17H20FN3O3S/c1-2-25(22,23)21-9-5-6-13(12-21)15-10-19-11-17(20-15)24-16-8-4-3-7-14(16)18/h3-4,7-8,10-11,13H,2,5-6,9,12H2,1H3/t13-/m1/s1. The van der Waals surface area contributed by atoms with E-state index in [1.54, 1.807) is 25.3 Å². The first-order chi connectivity index (χ1) is 12.0. The third-order valence-corrected chi connectivity index (χ3v) is 6.09. The highest BCUT2D eigenvalue weighted by atomic mass is 32.2. The molecule has 8 heteroatoms. The van der Waals surface area contributed by atoms with E-state index >= 15 is 0 Å². The van der Waals surface area contributed by atoms with Crippen LogP contribution in [0.4, 0.5) is 4.39 Å². The second kappa shape index (κ2) is 7.45.